The zero-order chi connectivity index (χ0) is 15.4. The summed E-state index contributed by atoms with van der Waals surface area (Å²) in [6.45, 7) is 4.02. The molecule has 112 valence electrons. The Labute approximate surface area is 126 Å². The van der Waals surface area contributed by atoms with E-state index in [1.165, 1.54) is 11.8 Å². The number of nitrogens with zero attached hydrogens (tertiary/aromatic N) is 4. The minimum atomic E-state index is -0.420. The van der Waals surface area contributed by atoms with Crippen molar-refractivity contribution in [2.45, 2.75) is 30.8 Å². The third-order valence-corrected chi connectivity index (χ3v) is 3.70. The molecule has 21 heavy (non-hydrogen) atoms. The molecule has 8 nitrogen and oxygen atoms in total. The van der Waals surface area contributed by atoms with E-state index in [0.29, 0.717) is 11.7 Å². The summed E-state index contributed by atoms with van der Waals surface area (Å²) in [5.41, 5.74) is 8.87. The fourth-order valence-corrected chi connectivity index (χ4v) is 2.75. The zero-order valence-corrected chi connectivity index (χ0v) is 12.6. The second-order valence-corrected chi connectivity index (χ2v) is 5.52. The van der Waals surface area contributed by atoms with Crippen LogP contribution in [-0.2, 0) is 5.75 Å². The zero-order valence-electron chi connectivity index (χ0n) is 11.8. The van der Waals surface area contributed by atoms with Gasteiger partial charge in [-0.1, -0.05) is 17.8 Å². The van der Waals surface area contributed by atoms with Crippen LogP contribution < -0.4 is 17.0 Å². The summed E-state index contributed by atoms with van der Waals surface area (Å²) < 4.78 is 1.85. The van der Waals surface area contributed by atoms with Crippen LogP contribution in [0.25, 0.3) is 0 Å². The number of nitrogen functional groups attached to an aromatic ring is 2. The highest BCUT2D eigenvalue weighted by atomic mass is 32.2. The number of nitrogens with one attached hydrogen (secondary N) is 1. The Hall–Kier alpha value is -2.13. The van der Waals surface area contributed by atoms with E-state index < -0.39 is 5.91 Å². The predicted octanol–water partition coefficient (Wildman–Crippen LogP) is 0.732. The molecule has 0 atom stereocenters. The van der Waals surface area contributed by atoms with Gasteiger partial charge in [0.2, 0.25) is 5.95 Å². The molecule has 0 aliphatic carbocycles. The fraction of sp³-hybridized carbons (Fsp3) is 0.333. The molecule has 5 N–H and O–H groups in total. The number of aromatic nitrogens is 4. The molecule has 0 saturated heterocycles. The lowest BCUT2D eigenvalue weighted by molar-refractivity contribution is 0.0948. The number of thioether (sulfide) groups is 1. The van der Waals surface area contributed by atoms with Crippen molar-refractivity contribution in [3.8, 4) is 0 Å². The Morgan fingerprint density at radius 2 is 2.19 bits per heavy atom. The van der Waals surface area contributed by atoms with Gasteiger partial charge in [0.25, 0.3) is 5.91 Å². The molecular weight excluding hydrogens is 290 g/mol. The number of carbonyl (C=O) groups is 1. The van der Waals surface area contributed by atoms with Crippen molar-refractivity contribution < 1.29 is 4.79 Å². The Balaban J connectivity index is 2.12. The minimum absolute atomic E-state index is 0.171. The Kier molecular flexibility index (Phi) is 4.76. The normalized spacial score (nSPS) is 10.9. The molecule has 1 amide bonds. The second-order valence-electron chi connectivity index (χ2n) is 4.58. The van der Waals surface area contributed by atoms with Crippen molar-refractivity contribution in [2.75, 3.05) is 5.73 Å². The van der Waals surface area contributed by atoms with Gasteiger partial charge in [-0.2, -0.15) is 0 Å². The number of rotatable bonds is 5. The summed E-state index contributed by atoms with van der Waals surface area (Å²) in [4.78, 5) is 15.7. The highest BCUT2D eigenvalue weighted by Gasteiger charge is 2.13. The maximum Gasteiger partial charge on any atom is 0.283 e. The van der Waals surface area contributed by atoms with Gasteiger partial charge in [-0.05, 0) is 26.0 Å². The first-order chi connectivity index (χ1) is 10.0. The van der Waals surface area contributed by atoms with Crippen molar-refractivity contribution in [3.63, 3.8) is 0 Å². The molecular formula is C12H17N7OS. The van der Waals surface area contributed by atoms with E-state index in [9.17, 15) is 4.79 Å². The molecule has 0 unspecified atom stereocenters. The van der Waals surface area contributed by atoms with Gasteiger partial charge in [-0.15, -0.1) is 10.2 Å². The lowest BCUT2D eigenvalue weighted by Crippen LogP contribution is -2.30. The summed E-state index contributed by atoms with van der Waals surface area (Å²) >= 11 is 1.46. The average Bonchev–Trinajstić information content (AvgIpc) is 2.85. The molecule has 2 aromatic rings. The molecule has 2 aromatic heterocycles. The summed E-state index contributed by atoms with van der Waals surface area (Å²) in [5.74, 6) is 5.61. The number of amides is 1. The molecule has 0 bridgehead atoms. The summed E-state index contributed by atoms with van der Waals surface area (Å²) in [6, 6.07) is 5.37. The molecule has 2 heterocycles. The molecule has 0 aliphatic heterocycles. The van der Waals surface area contributed by atoms with Crippen LogP contribution in [0, 0.1) is 0 Å². The van der Waals surface area contributed by atoms with Crippen LogP contribution in [0.15, 0.2) is 23.4 Å². The van der Waals surface area contributed by atoms with Gasteiger partial charge in [-0.25, -0.2) is 10.8 Å². The molecule has 2 rings (SSSR count). The highest BCUT2D eigenvalue weighted by molar-refractivity contribution is 7.98. The quantitative estimate of drug-likeness (QED) is 0.322. The van der Waals surface area contributed by atoms with Gasteiger partial charge >= 0.3 is 0 Å². The van der Waals surface area contributed by atoms with Crippen molar-refractivity contribution in [1.82, 2.24) is 25.2 Å². The van der Waals surface area contributed by atoms with Gasteiger partial charge in [0.1, 0.15) is 5.69 Å². The summed E-state index contributed by atoms with van der Waals surface area (Å²) in [5, 5.41) is 8.65. The number of carbonyl (C=O) groups excluding carboxylic acids is 1. The van der Waals surface area contributed by atoms with Crippen LogP contribution in [0.4, 0.5) is 5.95 Å². The summed E-state index contributed by atoms with van der Waals surface area (Å²) in [7, 11) is 0. The summed E-state index contributed by atoms with van der Waals surface area (Å²) in [6.07, 6.45) is 0. The largest absolute Gasteiger partial charge is 0.368 e. The van der Waals surface area contributed by atoms with Gasteiger partial charge < -0.3 is 5.73 Å². The van der Waals surface area contributed by atoms with Crippen molar-refractivity contribution >= 4 is 23.6 Å². The van der Waals surface area contributed by atoms with Crippen molar-refractivity contribution in [1.29, 1.82) is 0 Å². The minimum Gasteiger partial charge on any atom is -0.368 e. The number of anilines is 1. The van der Waals surface area contributed by atoms with Crippen LogP contribution in [0.5, 0.6) is 0 Å². The van der Waals surface area contributed by atoms with Crippen molar-refractivity contribution in [2.24, 2.45) is 5.84 Å². The van der Waals surface area contributed by atoms with E-state index in [1.54, 1.807) is 12.1 Å². The topological polar surface area (TPSA) is 125 Å². The molecule has 0 fully saturated rings. The molecule has 0 aliphatic rings. The molecule has 0 radical (unpaired) electrons. The van der Waals surface area contributed by atoms with Gasteiger partial charge in [0.15, 0.2) is 5.16 Å². The number of hydrazine groups is 1. The average molecular weight is 307 g/mol. The van der Waals surface area contributed by atoms with E-state index >= 15 is 0 Å². The smallest absolute Gasteiger partial charge is 0.283 e. The highest BCUT2D eigenvalue weighted by Crippen LogP contribution is 2.25. The first kappa shape index (κ1) is 15.3. The van der Waals surface area contributed by atoms with E-state index in [4.69, 9.17) is 11.6 Å². The Bertz CT molecular complexity index is 640. The Morgan fingerprint density at radius 3 is 2.86 bits per heavy atom. The number of pyridine rings is 1. The maximum atomic E-state index is 11.4. The van der Waals surface area contributed by atoms with Gasteiger partial charge in [-0.3, -0.25) is 14.8 Å². The third kappa shape index (κ3) is 3.50. The standard InChI is InChI=1S/C12H17N7OS/c1-7(2)19-11(13)17-18-12(19)21-6-8-4-3-5-9(15-8)10(20)16-14/h3-5,7H,6,14H2,1-2H3,(H2,13,17)(H,16,20). The molecule has 0 spiro atoms. The fourth-order valence-electron chi connectivity index (χ4n) is 1.77. The maximum absolute atomic E-state index is 11.4. The predicted molar refractivity (Wildman–Crippen MR) is 80.3 cm³/mol. The van der Waals surface area contributed by atoms with Crippen molar-refractivity contribution in [3.05, 3.63) is 29.6 Å². The monoisotopic (exact) mass is 307 g/mol. The second kappa shape index (κ2) is 6.55. The molecule has 0 aromatic carbocycles. The first-order valence-electron chi connectivity index (χ1n) is 6.33. The van der Waals surface area contributed by atoms with Crippen LogP contribution >= 0.6 is 11.8 Å². The lowest BCUT2D eigenvalue weighted by atomic mass is 10.3. The lowest BCUT2D eigenvalue weighted by Gasteiger charge is -2.11. The van der Waals surface area contributed by atoms with Gasteiger partial charge in [0.05, 0.1) is 5.69 Å². The van der Waals surface area contributed by atoms with E-state index in [2.05, 4.69) is 20.6 Å². The van der Waals surface area contributed by atoms with Gasteiger partial charge in [0, 0.05) is 11.8 Å². The number of hydrogen-bond acceptors (Lipinski definition) is 7. The SMILES string of the molecule is CC(C)n1c(N)nnc1SCc1cccc(C(=O)NN)n1. The molecule has 9 heteroatoms. The molecule has 0 saturated carbocycles. The number of hydrogen-bond donors (Lipinski definition) is 3. The van der Waals surface area contributed by atoms with E-state index in [-0.39, 0.29) is 11.7 Å². The Morgan fingerprint density at radius 1 is 1.43 bits per heavy atom. The van der Waals surface area contributed by atoms with E-state index in [0.717, 1.165) is 10.9 Å². The first-order valence-corrected chi connectivity index (χ1v) is 7.31. The van der Waals surface area contributed by atoms with Crippen LogP contribution in [-0.4, -0.2) is 25.7 Å². The van der Waals surface area contributed by atoms with Crippen LogP contribution in [0.1, 0.15) is 36.1 Å². The third-order valence-electron chi connectivity index (χ3n) is 2.73. The van der Waals surface area contributed by atoms with Crippen LogP contribution in [0.3, 0.4) is 0 Å². The van der Waals surface area contributed by atoms with Crippen LogP contribution in [0.2, 0.25) is 0 Å². The van der Waals surface area contributed by atoms with E-state index in [1.807, 2.05) is 24.5 Å². The number of nitrogens with two attached hydrogens (primary N) is 2.